The number of rotatable bonds is 11. The van der Waals surface area contributed by atoms with Gasteiger partial charge in [0.2, 0.25) is 0 Å². The highest BCUT2D eigenvalue weighted by molar-refractivity contribution is 7.46. The Balaban J connectivity index is 2.04. The molecule has 0 spiro atoms. The van der Waals surface area contributed by atoms with E-state index in [0.717, 1.165) is 30.0 Å². The maximum absolute atomic E-state index is 11.0. The summed E-state index contributed by atoms with van der Waals surface area (Å²) in [7, 11) is -4.50. The minimum absolute atomic E-state index is 0.124. The van der Waals surface area contributed by atoms with E-state index in [1.807, 2.05) is 42.5 Å². The molecule has 2 aromatic rings. The molecule has 0 saturated carbocycles. The first-order chi connectivity index (χ1) is 12.0. The summed E-state index contributed by atoms with van der Waals surface area (Å²) < 4.78 is 21.8. The average molecular weight is 366 g/mol. The maximum atomic E-state index is 11.0. The van der Waals surface area contributed by atoms with Gasteiger partial charge in [-0.15, -0.1) is 0 Å². The van der Waals surface area contributed by atoms with Crippen LogP contribution in [0.15, 0.2) is 42.5 Å². The maximum Gasteiger partial charge on any atom is 0.469 e. The minimum atomic E-state index is -4.50. The second-order valence-electron chi connectivity index (χ2n) is 6.21. The van der Waals surface area contributed by atoms with Crippen LogP contribution in [-0.4, -0.2) is 22.5 Å². The highest BCUT2D eigenvalue weighted by Crippen LogP contribution is 2.36. The summed E-state index contributed by atoms with van der Waals surface area (Å²) in [5, 5.41) is 2.05. The van der Waals surface area contributed by atoms with Crippen LogP contribution in [0.25, 0.3) is 10.8 Å². The second kappa shape index (κ2) is 9.93. The third-order valence-corrected chi connectivity index (χ3v) is 4.59. The summed E-state index contributed by atoms with van der Waals surface area (Å²) in [4.78, 5) is 18.0. The Bertz CT molecular complexity index is 692. The fourth-order valence-corrected chi connectivity index (χ4v) is 3.17. The monoisotopic (exact) mass is 366 g/mol. The number of fused-ring (bicyclic) bond motifs is 1. The number of ether oxygens (including phenoxy) is 1. The Morgan fingerprint density at radius 3 is 2.48 bits per heavy atom. The molecule has 0 bridgehead atoms. The van der Waals surface area contributed by atoms with Gasteiger partial charge in [-0.25, -0.2) is 4.57 Å². The van der Waals surface area contributed by atoms with Gasteiger partial charge in [0.25, 0.3) is 0 Å². The molecule has 0 fully saturated rings. The van der Waals surface area contributed by atoms with Crippen LogP contribution in [0.1, 0.15) is 45.4 Å². The summed E-state index contributed by atoms with van der Waals surface area (Å²) in [5.74, 6) is 0.714. The van der Waals surface area contributed by atoms with Gasteiger partial charge in [-0.1, -0.05) is 69.0 Å². The molecule has 1 atom stereocenters. The van der Waals surface area contributed by atoms with Crippen LogP contribution in [0.2, 0.25) is 0 Å². The number of benzene rings is 2. The SMILES string of the molecule is CCCCCCCC(COP(=O)(O)O)Oc1cccc2ccccc12. The number of hydrogen-bond donors (Lipinski definition) is 2. The molecule has 1 unspecified atom stereocenters. The molecular formula is C19H27O5P. The van der Waals surface area contributed by atoms with E-state index in [0.29, 0.717) is 12.2 Å². The van der Waals surface area contributed by atoms with Gasteiger partial charge in [-0.2, -0.15) is 0 Å². The van der Waals surface area contributed by atoms with Crippen molar-refractivity contribution in [1.82, 2.24) is 0 Å². The second-order valence-corrected chi connectivity index (χ2v) is 7.45. The molecule has 2 rings (SSSR count). The summed E-state index contributed by atoms with van der Waals surface area (Å²) in [6.45, 7) is 2.04. The van der Waals surface area contributed by atoms with Gasteiger partial charge in [0.1, 0.15) is 11.9 Å². The van der Waals surface area contributed by atoms with Crippen LogP contribution in [0.3, 0.4) is 0 Å². The summed E-state index contributed by atoms with van der Waals surface area (Å²) in [6, 6.07) is 13.7. The fourth-order valence-electron chi connectivity index (χ4n) is 2.81. The molecule has 0 heterocycles. The van der Waals surface area contributed by atoms with E-state index in [1.54, 1.807) is 0 Å². The van der Waals surface area contributed by atoms with Crippen molar-refractivity contribution in [1.29, 1.82) is 0 Å². The summed E-state index contributed by atoms with van der Waals surface area (Å²) in [6.07, 6.45) is 5.88. The van der Waals surface area contributed by atoms with Gasteiger partial charge in [-0.05, 0) is 24.3 Å². The van der Waals surface area contributed by atoms with Crippen LogP contribution < -0.4 is 4.74 Å². The van der Waals surface area contributed by atoms with Gasteiger partial charge in [0.05, 0.1) is 6.61 Å². The summed E-state index contributed by atoms with van der Waals surface area (Å²) in [5.41, 5.74) is 0. The first-order valence-corrected chi connectivity index (χ1v) is 10.4. The molecule has 5 nitrogen and oxygen atoms in total. The Labute approximate surface area is 149 Å². The smallest absolute Gasteiger partial charge is 0.469 e. The molecule has 0 aliphatic heterocycles. The first-order valence-electron chi connectivity index (χ1n) is 8.84. The Hall–Kier alpha value is -1.39. The topological polar surface area (TPSA) is 76.0 Å². The van der Waals surface area contributed by atoms with E-state index in [4.69, 9.17) is 19.0 Å². The highest BCUT2D eigenvalue weighted by Gasteiger charge is 2.20. The van der Waals surface area contributed by atoms with Crippen molar-refractivity contribution in [2.24, 2.45) is 0 Å². The van der Waals surface area contributed by atoms with Crippen LogP contribution in [0.5, 0.6) is 5.75 Å². The van der Waals surface area contributed by atoms with Crippen molar-refractivity contribution in [2.75, 3.05) is 6.61 Å². The molecule has 0 amide bonds. The van der Waals surface area contributed by atoms with E-state index < -0.39 is 7.82 Å². The Morgan fingerprint density at radius 2 is 1.72 bits per heavy atom. The number of phosphoric acid groups is 1. The van der Waals surface area contributed by atoms with Gasteiger partial charge in [-0.3, -0.25) is 4.52 Å². The molecule has 0 aliphatic carbocycles. The van der Waals surface area contributed by atoms with E-state index in [1.165, 1.54) is 12.8 Å². The lowest BCUT2D eigenvalue weighted by atomic mass is 10.1. The predicted molar refractivity (Wildman–Crippen MR) is 99.7 cm³/mol. The third kappa shape index (κ3) is 7.17. The quantitative estimate of drug-likeness (QED) is 0.429. The van der Waals surface area contributed by atoms with Crippen molar-refractivity contribution in [3.05, 3.63) is 42.5 Å². The van der Waals surface area contributed by atoms with Crippen LogP contribution in [0, 0.1) is 0 Å². The van der Waals surface area contributed by atoms with Gasteiger partial charge >= 0.3 is 7.82 Å². The van der Waals surface area contributed by atoms with Crippen molar-refractivity contribution in [3.8, 4) is 5.75 Å². The molecule has 2 aromatic carbocycles. The molecule has 0 radical (unpaired) electrons. The molecule has 2 N–H and O–H groups in total. The molecule has 25 heavy (non-hydrogen) atoms. The van der Waals surface area contributed by atoms with Crippen molar-refractivity contribution in [3.63, 3.8) is 0 Å². The number of unbranched alkanes of at least 4 members (excludes halogenated alkanes) is 4. The molecule has 6 heteroatoms. The largest absolute Gasteiger partial charge is 0.487 e. The third-order valence-electron chi connectivity index (χ3n) is 4.10. The van der Waals surface area contributed by atoms with E-state index in [-0.39, 0.29) is 12.7 Å². The summed E-state index contributed by atoms with van der Waals surface area (Å²) >= 11 is 0. The predicted octanol–water partition coefficient (Wildman–Crippen LogP) is 5.06. The zero-order valence-corrected chi connectivity index (χ0v) is 15.5. The lowest BCUT2D eigenvalue weighted by Gasteiger charge is -2.20. The fraction of sp³-hybridized carbons (Fsp3) is 0.474. The highest BCUT2D eigenvalue weighted by atomic mass is 31.2. The Morgan fingerprint density at radius 1 is 1.00 bits per heavy atom. The first kappa shape index (κ1) is 19.9. The van der Waals surface area contributed by atoms with E-state index in [2.05, 4.69) is 6.92 Å². The zero-order chi connectivity index (χ0) is 18.1. The number of hydrogen-bond acceptors (Lipinski definition) is 3. The lowest BCUT2D eigenvalue weighted by molar-refractivity contribution is 0.0952. The molecular weight excluding hydrogens is 339 g/mol. The van der Waals surface area contributed by atoms with Crippen molar-refractivity contribution < 1.29 is 23.6 Å². The number of phosphoric ester groups is 1. The van der Waals surface area contributed by atoms with Gasteiger partial charge in [0, 0.05) is 5.39 Å². The molecule has 138 valence electrons. The average Bonchev–Trinajstić information content (AvgIpc) is 2.59. The van der Waals surface area contributed by atoms with Crippen LogP contribution in [-0.2, 0) is 9.09 Å². The zero-order valence-electron chi connectivity index (χ0n) is 14.6. The Kier molecular flexibility index (Phi) is 7.91. The van der Waals surface area contributed by atoms with E-state index >= 15 is 0 Å². The van der Waals surface area contributed by atoms with Gasteiger partial charge < -0.3 is 14.5 Å². The minimum Gasteiger partial charge on any atom is -0.487 e. The van der Waals surface area contributed by atoms with Gasteiger partial charge in [0.15, 0.2) is 0 Å². The standard InChI is InChI=1S/C19H27O5P/c1-2-3-4-5-6-12-17(15-23-25(20,21)22)24-19-14-9-11-16-10-7-8-13-18(16)19/h7-11,13-14,17H,2-6,12,15H2,1H3,(H2,20,21,22). The van der Waals surface area contributed by atoms with Crippen LogP contribution in [0.4, 0.5) is 0 Å². The molecule has 0 aliphatic rings. The molecule has 0 aromatic heterocycles. The van der Waals surface area contributed by atoms with Crippen molar-refractivity contribution in [2.45, 2.75) is 51.6 Å². The molecule has 0 saturated heterocycles. The van der Waals surface area contributed by atoms with Crippen LogP contribution >= 0.6 is 7.82 Å². The lowest BCUT2D eigenvalue weighted by Crippen LogP contribution is -2.22. The van der Waals surface area contributed by atoms with E-state index in [9.17, 15) is 4.57 Å². The van der Waals surface area contributed by atoms with Crippen molar-refractivity contribution >= 4 is 18.6 Å². The normalized spacial score (nSPS) is 13.1.